The number of allylic oxidation sites excluding steroid dienone is 20. The highest BCUT2D eigenvalue weighted by Gasteiger charge is 2.53. The van der Waals surface area contributed by atoms with E-state index in [1.165, 1.54) is 89.9 Å². The predicted molar refractivity (Wildman–Crippen MR) is 387 cm³/mol. The first-order chi connectivity index (χ1) is 47.8. The summed E-state index contributed by atoms with van der Waals surface area (Å²) in [7, 11) is 0. The van der Waals surface area contributed by atoms with E-state index in [-0.39, 0.29) is 18.9 Å². The SMILES string of the molecule is CC/C=C\C/C=C\C/C=C\C/C=C\C/C=C\C/C=C\C/C=C\C/C=C\C/C=C\C/C=C\CCCCCCC(=O)NC(COC1OC(CO)C(OC2OC(CO)C(OC3OC(CO)C(O)C(O)C3O)C(O)C2O)C(O)C1O)C(O)CCCCCCCCCCCCCCCCCCCC. The Labute approximate surface area is 588 Å². The molecule has 0 saturated carbocycles. The van der Waals surface area contributed by atoms with Crippen LogP contribution in [0.4, 0.5) is 0 Å². The number of nitrogens with one attached hydrogen (secondary N) is 1. The van der Waals surface area contributed by atoms with Crippen LogP contribution in [0.5, 0.6) is 0 Å². The van der Waals surface area contributed by atoms with Gasteiger partial charge in [-0.15, -0.1) is 0 Å². The van der Waals surface area contributed by atoms with E-state index >= 15 is 0 Å². The van der Waals surface area contributed by atoms with Crippen LogP contribution >= 0.6 is 0 Å². The number of rotatable bonds is 57. The van der Waals surface area contributed by atoms with Crippen LogP contribution in [0, 0.1) is 0 Å². The Morgan fingerprint density at radius 3 is 1.10 bits per heavy atom. The molecule has 19 nitrogen and oxygen atoms in total. The van der Waals surface area contributed by atoms with Crippen LogP contribution in [0.3, 0.4) is 0 Å². The number of amides is 1. The molecule has 17 atom stereocenters. The molecule has 562 valence electrons. The molecule has 3 saturated heterocycles. The van der Waals surface area contributed by atoms with Crippen molar-refractivity contribution in [1.82, 2.24) is 5.32 Å². The minimum Gasteiger partial charge on any atom is -0.394 e. The van der Waals surface area contributed by atoms with Crippen LogP contribution in [0.15, 0.2) is 122 Å². The van der Waals surface area contributed by atoms with Crippen LogP contribution in [0.25, 0.3) is 0 Å². The van der Waals surface area contributed by atoms with Crippen molar-refractivity contribution in [2.24, 2.45) is 0 Å². The number of aliphatic hydroxyl groups is 11. The van der Waals surface area contributed by atoms with Gasteiger partial charge >= 0.3 is 0 Å². The molecule has 12 N–H and O–H groups in total. The lowest BCUT2D eigenvalue weighted by molar-refractivity contribution is -0.379. The van der Waals surface area contributed by atoms with E-state index in [0.29, 0.717) is 19.3 Å². The molecule has 3 aliphatic rings. The van der Waals surface area contributed by atoms with Gasteiger partial charge in [0.1, 0.15) is 73.2 Å². The van der Waals surface area contributed by atoms with Gasteiger partial charge in [-0.2, -0.15) is 0 Å². The minimum atomic E-state index is -1.98. The zero-order valence-electron chi connectivity index (χ0n) is 59.7. The average Bonchev–Trinajstić information content (AvgIpc) is 0.785. The molecule has 1 amide bonds. The van der Waals surface area contributed by atoms with Crippen LogP contribution in [0.1, 0.15) is 239 Å². The normalized spacial score (nSPS) is 27.5. The summed E-state index contributed by atoms with van der Waals surface area (Å²) in [6.07, 6.45) is 54.1. The van der Waals surface area contributed by atoms with Crippen molar-refractivity contribution in [2.45, 2.75) is 343 Å². The van der Waals surface area contributed by atoms with Gasteiger partial charge in [0.05, 0.1) is 38.6 Å². The molecule has 0 aliphatic carbocycles. The monoisotopic (exact) mass is 1380 g/mol. The zero-order valence-corrected chi connectivity index (χ0v) is 59.7. The fraction of sp³-hybridized carbons (Fsp3) is 0.734. The maximum atomic E-state index is 13.5. The van der Waals surface area contributed by atoms with Crippen molar-refractivity contribution in [1.29, 1.82) is 0 Å². The molecule has 3 aliphatic heterocycles. The maximum Gasteiger partial charge on any atom is 0.220 e. The Balaban J connectivity index is 1.39. The van der Waals surface area contributed by atoms with E-state index in [1.807, 2.05) is 0 Å². The number of ether oxygens (including phenoxy) is 6. The van der Waals surface area contributed by atoms with Gasteiger partial charge in [-0.05, 0) is 89.9 Å². The summed E-state index contributed by atoms with van der Waals surface area (Å²) >= 11 is 0. The molecule has 3 fully saturated rings. The number of unbranched alkanes of at least 4 members (excludes halogenated alkanes) is 21. The Bertz CT molecular complexity index is 2250. The molecule has 0 bridgehead atoms. The third-order valence-corrected chi connectivity index (χ3v) is 18.1. The standard InChI is InChI=1S/C79H133NO18/c1-3-5-7-9-11-13-15-17-19-21-23-24-25-26-27-28-29-30-31-32-33-34-35-36-37-38-39-41-43-45-47-49-51-53-55-57-67(85)80-62(63(84)56-54-52-50-48-46-44-42-40-22-20-18-16-14-12-10-8-6-4-2)61-93-77-73(91)70(88)75(65(59-82)95-77)98-79-74(92)71(89)76(66(60-83)96-79)97-78-72(90)69(87)68(86)64(58-81)94-78/h5,7,11,13,17,19,23-24,26-27,29-30,32-33,35-36,38-39,43,45,62-66,68-79,81-84,86-92H,3-4,6,8-10,12,14-16,18,20-22,25,28,31,34,37,40-42,44,46-61H2,1-2H3,(H,80,85)/b7-5-,13-11-,19-17-,24-23-,27-26-,30-29-,33-32-,36-35-,39-38-,45-43-. The molecule has 0 aromatic carbocycles. The molecule has 98 heavy (non-hydrogen) atoms. The molecular weight excluding hydrogens is 1250 g/mol. The summed E-state index contributed by atoms with van der Waals surface area (Å²) in [5.74, 6) is -0.271. The van der Waals surface area contributed by atoms with E-state index in [1.54, 1.807) is 0 Å². The van der Waals surface area contributed by atoms with Crippen LogP contribution < -0.4 is 5.32 Å². The molecule has 0 aromatic rings. The fourth-order valence-electron chi connectivity index (χ4n) is 12.0. The van der Waals surface area contributed by atoms with Gasteiger partial charge in [-0.25, -0.2) is 0 Å². The number of carbonyl (C=O) groups excluding carboxylic acids is 1. The highest BCUT2D eigenvalue weighted by molar-refractivity contribution is 5.76. The lowest BCUT2D eigenvalue weighted by Crippen LogP contribution is -2.66. The topological polar surface area (TPSA) is 307 Å². The van der Waals surface area contributed by atoms with Gasteiger partial charge in [0.25, 0.3) is 0 Å². The Kier molecular flexibility index (Phi) is 52.9. The number of carbonyl (C=O) groups is 1. The molecule has 3 heterocycles. The summed E-state index contributed by atoms with van der Waals surface area (Å²) in [5.41, 5.74) is 0. The van der Waals surface area contributed by atoms with E-state index in [0.717, 1.165) is 109 Å². The lowest BCUT2D eigenvalue weighted by Gasteiger charge is -2.48. The summed E-state index contributed by atoms with van der Waals surface area (Å²) < 4.78 is 34.4. The van der Waals surface area contributed by atoms with Crippen molar-refractivity contribution < 1.29 is 89.4 Å². The first kappa shape index (κ1) is 88.4. The number of hydrogen-bond donors (Lipinski definition) is 12. The van der Waals surface area contributed by atoms with Gasteiger partial charge in [0.2, 0.25) is 5.91 Å². The predicted octanol–water partition coefficient (Wildman–Crippen LogP) is 11.6. The Morgan fingerprint density at radius 2 is 0.704 bits per heavy atom. The van der Waals surface area contributed by atoms with Gasteiger partial charge < -0.3 is 89.9 Å². The zero-order chi connectivity index (χ0) is 71.1. The van der Waals surface area contributed by atoms with Crippen molar-refractivity contribution >= 4 is 5.91 Å². The van der Waals surface area contributed by atoms with Crippen LogP contribution in [-0.4, -0.2) is 193 Å². The third kappa shape index (κ3) is 39.0. The fourth-order valence-corrected chi connectivity index (χ4v) is 12.0. The van der Waals surface area contributed by atoms with Gasteiger partial charge in [0.15, 0.2) is 18.9 Å². The highest BCUT2D eigenvalue weighted by atomic mass is 16.8. The summed E-state index contributed by atoms with van der Waals surface area (Å²) in [5, 5.41) is 121. The van der Waals surface area contributed by atoms with Crippen molar-refractivity contribution in [3.05, 3.63) is 122 Å². The van der Waals surface area contributed by atoms with Crippen molar-refractivity contribution in [3.63, 3.8) is 0 Å². The number of hydrogen-bond acceptors (Lipinski definition) is 18. The molecule has 17 unspecified atom stereocenters. The second-order valence-electron chi connectivity index (χ2n) is 26.4. The van der Waals surface area contributed by atoms with Crippen LogP contribution in [-0.2, 0) is 33.2 Å². The van der Waals surface area contributed by atoms with E-state index in [2.05, 4.69) is 141 Å². The Morgan fingerprint density at radius 1 is 0.378 bits per heavy atom. The van der Waals surface area contributed by atoms with E-state index < -0.39 is 124 Å². The van der Waals surface area contributed by atoms with Crippen molar-refractivity contribution in [2.75, 3.05) is 26.4 Å². The number of aliphatic hydroxyl groups excluding tert-OH is 11. The minimum absolute atomic E-state index is 0.229. The summed E-state index contributed by atoms with van der Waals surface area (Å²) in [4.78, 5) is 13.5. The molecular formula is C79H133NO18. The largest absolute Gasteiger partial charge is 0.394 e. The molecule has 3 rings (SSSR count). The van der Waals surface area contributed by atoms with Gasteiger partial charge in [-0.3, -0.25) is 4.79 Å². The first-order valence-corrected chi connectivity index (χ1v) is 37.8. The molecule has 19 heteroatoms. The molecule has 0 spiro atoms. The second-order valence-corrected chi connectivity index (χ2v) is 26.4. The molecule has 0 aromatic heterocycles. The molecule has 0 radical (unpaired) electrons. The Hall–Kier alpha value is -3.81. The van der Waals surface area contributed by atoms with Gasteiger partial charge in [-0.1, -0.05) is 264 Å². The average molecular weight is 1380 g/mol. The van der Waals surface area contributed by atoms with E-state index in [9.17, 15) is 61.0 Å². The first-order valence-electron chi connectivity index (χ1n) is 37.8. The maximum absolute atomic E-state index is 13.5. The summed E-state index contributed by atoms with van der Waals surface area (Å²) in [6, 6.07) is -0.911. The van der Waals surface area contributed by atoms with E-state index in [4.69, 9.17) is 28.4 Å². The quantitative estimate of drug-likeness (QED) is 0.0199. The third-order valence-electron chi connectivity index (χ3n) is 18.1. The smallest absolute Gasteiger partial charge is 0.220 e. The lowest BCUT2D eigenvalue weighted by atomic mass is 9.96. The second kappa shape index (κ2) is 58.7. The highest BCUT2D eigenvalue weighted by Crippen LogP contribution is 2.33. The van der Waals surface area contributed by atoms with Crippen LogP contribution in [0.2, 0.25) is 0 Å². The summed E-state index contributed by atoms with van der Waals surface area (Å²) in [6.45, 7) is 1.66. The van der Waals surface area contributed by atoms with Crippen molar-refractivity contribution in [3.8, 4) is 0 Å². The van der Waals surface area contributed by atoms with Gasteiger partial charge in [0, 0.05) is 6.42 Å².